The third-order valence-electron chi connectivity index (χ3n) is 3.79. The molecular weight excluding hydrogens is 271 g/mol. The smallest absolute Gasteiger partial charge is 0.126 e. The predicted molar refractivity (Wildman–Crippen MR) is 80.7 cm³/mol. The van der Waals surface area contributed by atoms with E-state index in [1.807, 2.05) is 26.0 Å². The van der Waals surface area contributed by atoms with Crippen LogP contribution in [0.25, 0.3) is 0 Å². The highest BCUT2D eigenvalue weighted by molar-refractivity contribution is 7.11. The van der Waals surface area contributed by atoms with Crippen molar-refractivity contribution in [3.8, 4) is 0 Å². The number of halogens is 1. The molecule has 1 saturated carbocycles. The van der Waals surface area contributed by atoms with Gasteiger partial charge in [-0.25, -0.2) is 9.37 Å². The second-order valence-electron chi connectivity index (χ2n) is 5.58. The summed E-state index contributed by atoms with van der Waals surface area (Å²) in [5.41, 5.74) is 2.88. The Balaban J connectivity index is 1.97. The summed E-state index contributed by atoms with van der Waals surface area (Å²) in [7, 11) is 0. The van der Waals surface area contributed by atoms with Gasteiger partial charge in [0.25, 0.3) is 0 Å². The Morgan fingerprint density at radius 3 is 2.60 bits per heavy atom. The van der Waals surface area contributed by atoms with Gasteiger partial charge >= 0.3 is 0 Å². The Kier molecular flexibility index (Phi) is 3.61. The summed E-state index contributed by atoms with van der Waals surface area (Å²) in [6.07, 6.45) is 2.44. The van der Waals surface area contributed by atoms with E-state index in [0.717, 1.165) is 16.3 Å². The molecule has 1 atom stereocenters. The van der Waals surface area contributed by atoms with Crippen LogP contribution >= 0.6 is 11.3 Å². The average molecular weight is 290 g/mol. The molecule has 0 radical (unpaired) electrons. The van der Waals surface area contributed by atoms with Gasteiger partial charge < -0.3 is 5.32 Å². The zero-order valence-corrected chi connectivity index (χ0v) is 12.9. The van der Waals surface area contributed by atoms with Crippen LogP contribution in [-0.2, 0) is 0 Å². The number of benzene rings is 1. The fraction of sp³-hybridized carbons (Fsp3) is 0.438. The van der Waals surface area contributed by atoms with Crippen molar-refractivity contribution in [2.24, 2.45) is 0 Å². The zero-order chi connectivity index (χ0) is 14.3. The molecule has 0 bridgehead atoms. The Bertz CT molecular complexity index is 612. The number of rotatable bonds is 4. The van der Waals surface area contributed by atoms with Crippen LogP contribution in [-0.4, -0.2) is 11.0 Å². The van der Waals surface area contributed by atoms with Gasteiger partial charge in [0.2, 0.25) is 0 Å². The molecule has 0 spiro atoms. The molecule has 4 heteroatoms. The maximum absolute atomic E-state index is 13.5. The van der Waals surface area contributed by atoms with Crippen LogP contribution in [0.2, 0.25) is 0 Å². The lowest BCUT2D eigenvalue weighted by molar-refractivity contribution is 0.588. The number of nitrogens with one attached hydrogen (secondary N) is 1. The summed E-state index contributed by atoms with van der Waals surface area (Å²) in [4.78, 5) is 5.93. The molecule has 1 N–H and O–H groups in total. The number of aryl methyl sites for hydroxylation is 3. The van der Waals surface area contributed by atoms with E-state index in [9.17, 15) is 4.39 Å². The fourth-order valence-electron chi connectivity index (χ4n) is 2.26. The molecular formula is C16H19FN2S. The van der Waals surface area contributed by atoms with Crippen molar-refractivity contribution in [3.05, 3.63) is 50.7 Å². The van der Waals surface area contributed by atoms with Gasteiger partial charge in [-0.15, -0.1) is 11.3 Å². The second-order valence-corrected chi connectivity index (χ2v) is 6.81. The first-order valence-electron chi connectivity index (χ1n) is 7.00. The van der Waals surface area contributed by atoms with E-state index in [-0.39, 0.29) is 11.9 Å². The van der Waals surface area contributed by atoms with Crippen molar-refractivity contribution < 1.29 is 4.39 Å². The highest BCUT2D eigenvalue weighted by Crippen LogP contribution is 2.32. The maximum atomic E-state index is 13.5. The van der Waals surface area contributed by atoms with Crippen LogP contribution < -0.4 is 5.32 Å². The maximum Gasteiger partial charge on any atom is 0.126 e. The van der Waals surface area contributed by atoms with Crippen molar-refractivity contribution in [3.63, 3.8) is 0 Å². The highest BCUT2D eigenvalue weighted by Gasteiger charge is 2.28. The summed E-state index contributed by atoms with van der Waals surface area (Å²) in [6.45, 7) is 5.95. The van der Waals surface area contributed by atoms with Crippen LogP contribution in [0.4, 0.5) is 4.39 Å². The van der Waals surface area contributed by atoms with E-state index in [4.69, 9.17) is 0 Å². The van der Waals surface area contributed by atoms with Crippen LogP contribution in [0, 0.1) is 26.6 Å². The van der Waals surface area contributed by atoms with Gasteiger partial charge in [-0.2, -0.15) is 0 Å². The van der Waals surface area contributed by atoms with E-state index in [1.54, 1.807) is 17.4 Å². The molecule has 0 amide bonds. The molecule has 1 aromatic carbocycles. The van der Waals surface area contributed by atoms with E-state index >= 15 is 0 Å². The molecule has 1 aliphatic carbocycles. The molecule has 0 saturated heterocycles. The Labute approximate surface area is 123 Å². The number of aromatic nitrogens is 1. The van der Waals surface area contributed by atoms with Crippen LogP contribution in [0.3, 0.4) is 0 Å². The normalized spacial score (nSPS) is 16.4. The minimum Gasteiger partial charge on any atom is -0.301 e. The molecule has 2 aromatic rings. The molecule has 2 nitrogen and oxygen atoms in total. The van der Waals surface area contributed by atoms with E-state index in [1.165, 1.54) is 17.7 Å². The van der Waals surface area contributed by atoms with Crippen molar-refractivity contribution in [2.45, 2.75) is 45.7 Å². The monoisotopic (exact) mass is 290 g/mol. The number of thiazole rings is 1. The lowest BCUT2D eigenvalue weighted by Crippen LogP contribution is -2.24. The Hall–Kier alpha value is -1.26. The molecule has 1 aromatic heterocycles. The number of hydrogen-bond donors (Lipinski definition) is 1. The highest BCUT2D eigenvalue weighted by atomic mass is 32.1. The zero-order valence-electron chi connectivity index (χ0n) is 12.0. The van der Waals surface area contributed by atoms with Gasteiger partial charge in [-0.3, -0.25) is 0 Å². The van der Waals surface area contributed by atoms with Crippen molar-refractivity contribution in [1.82, 2.24) is 10.3 Å². The van der Waals surface area contributed by atoms with Gasteiger partial charge in [0.05, 0.1) is 11.7 Å². The molecule has 1 heterocycles. The van der Waals surface area contributed by atoms with Gasteiger partial charge in [0.1, 0.15) is 10.8 Å². The van der Waals surface area contributed by atoms with E-state index < -0.39 is 0 Å². The molecule has 3 rings (SSSR count). The van der Waals surface area contributed by atoms with Crippen LogP contribution in [0.5, 0.6) is 0 Å². The van der Waals surface area contributed by atoms with Gasteiger partial charge in [0, 0.05) is 10.9 Å². The third kappa shape index (κ3) is 2.76. The molecule has 20 heavy (non-hydrogen) atoms. The standard InChI is InChI=1S/C16H19FN2S/c1-9-8-12(4-7-14(9)17)15(19-13-5-6-13)16-18-10(2)11(3)20-16/h4,7-8,13,15,19H,5-6H2,1-3H3. The second kappa shape index (κ2) is 5.26. The topological polar surface area (TPSA) is 24.9 Å². The minimum atomic E-state index is -0.148. The lowest BCUT2D eigenvalue weighted by atomic mass is 10.0. The number of hydrogen-bond acceptors (Lipinski definition) is 3. The number of nitrogens with zero attached hydrogens (tertiary/aromatic N) is 1. The SMILES string of the molecule is Cc1cc(C(NC2CC2)c2nc(C)c(C)s2)ccc1F. The van der Waals surface area contributed by atoms with Crippen molar-refractivity contribution in [2.75, 3.05) is 0 Å². The average Bonchev–Trinajstić information content (AvgIpc) is 3.17. The first-order chi connectivity index (χ1) is 9.54. The Morgan fingerprint density at radius 2 is 2.05 bits per heavy atom. The largest absolute Gasteiger partial charge is 0.301 e. The van der Waals surface area contributed by atoms with Crippen molar-refractivity contribution in [1.29, 1.82) is 0 Å². The van der Waals surface area contributed by atoms with Crippen molar-refractivity contribution >= 4 is 11.3 Å². The molecule has 1 unspecified atom stereocenters. The Morgan fingerprint density at radius 1 is 1.30 bits per heavy atom. The summed E-state index contributed by atoms with van der Waals surface area (Å²) < 4.78 is 13.5. The summed E-state index contributed by atoms with van der Waals surface area (Å²) in [5.74, 6) is -0.148. The fourth-order valence-corrected chi connectivity index (χ4v) is 3.28. The molecule has 1 fully saturated rings. The van der Waals surface area contributed by atoms with E-state index in [2.05, 4.69) is 17.2 Å². The minimum absolute atomic E-state index is 0.0826. The summed E-state index contributed by atoms with van der Waals surface area (Å²) in [6, 6.07) is 6.02. The quantitative estimate of drug-likeness (QED) is 0.919. The first-order valence-corrected chi connectivity index (χ1v) is 7.82. The molecule has 0 aliphatic heterocycles. The predicted octanol–water partition coefficient (Wildman–Crippen LogP) is 4.05. The molecule has 106 valence electrons. The summed E-state index contributed by atoms with van der Waals surface area (Å²) >= 11 is 1.73. The van der Waals surface area contributed by atoms with Gasteiger partial charge in [0.15, 0.2) is 0 Å². The van der Waals surface area contributed by atoms with Gasteiger partial charge in [-0.1, -0.05) is 12.1 Å². The van der Waals surface area contributed by atoms with Crippen LogP contribution in [0.1, 0.15) is 45.6 Å². The summed E-state index contributed by atoms with van der Waals surface area (Å²) in [5, 5.41) is 4.72. The molecule has 1 aliphatic rings. The first kappa shape index (κ1) is 13.7. The lowest BCUT2D eigenvalue weighted by Gasteiger charge is -2.17. The van der Waals surface area contributed by atoms with Crippen LogP contribution in [0.15, 0.2) is 18.2 Å². The van der Waals surface area contributed by atoms with Gasteiger partial charge in [-0.05, 0) is 50.8 Å². The third-order valence-corrected chi connectivity index (χ3v) is 4.92. The van der Waals surface area contributed by atoms with E-state index in [0.29, 0.717) is 11.6 Å².